The lowest BCUT2D eigenvalue weighted by Crippen LogP contribution is -3.19. The molecule has 26 heavy (non-hydrogen) atoms. The van der Waals surface area contributed by atoms with Crippen molar-refractivity contribution in [2.24, 2.45) is 0 Å². The SMILES string of the molecule is C[C@H](C(=O)NCc1ccccc1Cl)[NH+]1CCN(c2ccccc2Cl)CC1. The zero-order chi connectivity index (χ0) is 18.5. The Morgan fingerprint density at radius 1 is 1.08 bits per heavy atom. The quantitative estimate of drug-likeness (QED) is 0.819. The van der Waals surface area contributed by atoms with E-state index in [0.29, 0.717) is 11.6 Å². The number of halogens is 2. The van der Waals surface area contributed by atoms with Gasteiger partial charge in [0, 0.05) is 11.6 Å². The molecule has 6 heteroatoms. The molecule has 3 rings (SSSR count). The average molecular weight is 393 g/mol. The normalized spacial score (nSPS) is 16.3. The molecular formula is C20H24Cl2N3O+. The Morgan fingerprint density at radius 3 is 2.35 bits per heavy atom. The van der Waals surface area contributed by atoms with Crippen molar-refractivity contribution in [2.45, 2.75) is 19.5 Å². The van der Waals surface area contributed by atoms with E-state index >= 15 is 0 Å². The van der Waals surface area contributed by atoms with Gasteiger partial charge in [0.1, 0.15) is 0 Å². The van der Waals surface area contributed by atoms with E-state index in [4.69, 9.17) is 23.2 Å². The molecule has 2 aromatic rings. The number of hydrogen-bond acceptors (Lipinski definition) is 2. The molecule has 0 bridgehead atoms. The number of amides is 1. The maximum atomic E-state index is 12.5. The molecular weight excluding hydrogens is 369 g/mol. The van der Waals surface area contributed by atoms with Crippen molar-refractivity contribution in [1.82, 2.24) is 5.32 Å². The van der Waals surface area contributed by atoms with Crippen LogP contribution in [0.25, 0.3) is 0 Å². The summed E-state index contributed by atoms with van der Waals surface area (Å²) in [6.07, 6.45) is 0. The Morgan fingerprint density at radius 2 is 1.69 bits per heavy atom. The monoisotopic (exact) mass is 392 g/mol. The van der Waals surface area contributed by atoms with Crippen LogP contribution >= 0.6 is 23.2 Å². The molecule has 2 N–H and O–H groups in total. The van der Waals surface area contributed by atoms with Gasteiger partial charge in [0.15, 0.2) is 6.04 Å². The number of piperazine rings is 1. The molecule has 1 heterocycles. The summed E-state index contributed by atoms with van der Waals surface area (Å²) >= 11 is 12.4. The predicted octanol–water partition coefficient (Wildman–Crippen LogP) is 2.40. The van der Waals surface area contributed by atoms with Crippen molar-refractivity contribution in [3.05, 3.63) is 64.1 Å². The third-order valence-corrected chi connectivity index (χ3v) is 5.70. The highest BCUT2D eigenvalue weighted by atomic mass is 35.5. The molecule has 1 aliphatic rings. The van der Waals surface area contributed by atoms with E-state index in [1.807, 2.05) is 55.5 Å². The summed E-state index contributed by atoms with van der Waals surface area (Å²) in [5, 5.41) is 4.47. The maximum absolute atomic E-state index is 12.5. The zero-order valence-electron chi connectivity index (χ0n) is 14.8. The van der Waals surface area contributed by atoms with E-state index in [1.54, 1.807) is 0 Å². The predicted molar refractivity (Wildman–Crippen MR) is 107 cm³/mol. The van der Waals surface area contributed by atoms with Crippen molar-refractivity contribution in [3.63, 3.8) is 0 Å². The van der Waals surface area contributed by atoms with E-state index in [2.05, 4.69) is 10.2 Å². The molecule has 0 unspecified atom stereocenters. The molecule has 138 valence electrons. The minimum Gasteiger partial charge on any atom is -0.359 e. The second-order valence-electron chi connectivity index (χ2n) is 6.63. The van der Waals surface area contributed by atoms with Gasteiger partial charge in [0.25, 0.3) is 5.91 Å². The first-order valence-corrected chi connectivity index (χ1v) is 9.67. The minimum atomic E-state index is -0.0918. The fourth-order valence-electron chi connectivity index (χ4n) is 3.34. The Balaban J connectivity index is 1.51. The van der Waals surface area contributed by atoms with Crippen molar-refractivity contribution >= 4 is 34.8 Å². The largest absolute Gasteiger partial charge is 0.359 e. The van der Waals surface area contributed by atoms with Crippen LogP contribution in [0.1, 0.15) is 12.5 Å². The van der Waals surface area contributed by atoms with E-state index < -0.39 is 0 Å². The highest BCUT2D eigenvalue weighted by molar-refractivity contribution is 6.33. The molecule has 0 spiro atoms. The molecule has 1 fully saturated rings. The van der Waals surface area contributed by atoms with Crippen LogP contribution in [0.2, 0.25) is 10.0 Å². The summed E-state index contributed by atoms with van der Waals surface area (Å²) in [6.45, 7) is 6.05. The second-order valence-corrected chi connectivity index (χ2v) is 7.44. The van der Waals surface area contributed by atoms with Gasteiger partial charge in [0.05, 0.1) is 36.9 Å². The first kappa shape index (κ1) is 19.0. The number of quaternary nitrogens is 1. The van der Waals surface area contributed by atoms with Crippen LogP contribution in [-0.2, 0) is 11.3 Å². The van der Waals surface area contributed by atoms with E-state index in [1.165, 1.54) is 4.90 Å². The summed E-state index contributed by atoms with van der Waals surface area (Å²) in [7, 11) is 0. The third kappa shape index (κ3) is 4.50. The fourth-order valence-corrected chi connectivity index (χ4v) is 3.80. The van der Waals surface area contributed by atoms with Gasteiger partial charge >= 0.3 is 0 Å². The van der Waals surface area contributed by atoms with E-state index in [9.17, 15) is 4.79 Å². The van der Waals surface area contributed by atoms with Crippen LogP contribution in [0.3, 0.4) is 0 Å². The summed E-state index contributed by atoms with van der Waals surface area (Å²) in [4.78, 5) is 16.1. The van der Waals surface area contributed by atoms with E-state index in [0.717, 1.165) is 42.5 Å². The highest BCUT2D eigenvalue weighted by Gasteiger charge is 2.29. The van der Waals surface area contributed by atoms with Gasteiger partial charge in [-0.05, 0) is 30.7 Å². The van der Waals surface area contributed by atoms with Crippen molar-refractivity contribution < 1.29 is 9.69 Å². The number of rotatable bonds is 5. The molecule has 0 saturated carbocycles. The Kier molecular flexibility index (Phi) is 6.41. The number of benzene rings is 2. The molecule has 4 nitrogen and oxygen atoms in total. The Bertz CT molecular complexity index is 760. The van der Waals surface area contributed by atoms with Crippen LogP contribution < -0.4 is 15.1 Å². The van der Waals surface area contributed by atoms with Crippen molar-refractivity contribution in [2.75, 3.05) is 31.1 Å². The average Bonchev–Trinajstić information content (AvgIpc) is 2.67. The second kappa shape index (κ2) is 8.76. The van der Waals surface area contributed by atoms with Crippen LogP contribution in [0.15, 0.2) is 48.5 Å². The summed E-state index contributed by atoms with van der Waals surface area (Å²) in [5.74, 6) is 0.0612. The van der Waals surface area contributed by atoms with Gasteiger partial charge in [-0.15, -0.1) is 0 Å². The molecule has 1 saturated heterocycles. The number of carbonyl (C=O) groups is 1. The molecule has 1 aliphatic heterocycles. The molecule has 2 aromatic carbocycles. The molecule has 1 amide bonds. The number of hydrogen-bond donors (Lipinski definition) is 2. The Labute approximate surface area is 164 Å². The van der Waals surface area contributed by atoms with Gasteiger partial charge in [0.2, 0.25) is 0 Å². The zero-order valence-corrected chi connectivity index (χ0v) is 16.4. The van der Waals surface area contributed by atoms with Crippen LogP contribution in [0.4, 0.5) is 5.69 Å². The standard InChI is InChI=1S/C20H23Cl2N3O/c1-15(20(26)23-14-16-6-2-3-7-17(16)21)24-10-12-25(13-11-24)19-9-5-4-8-18(19)22/h2-9,15H,10-14H2,1H3,(H,23,26)/p+1/t15-/m1/s1. The fraction of sp³-hybridized carbons (Fsp3) is 0.350. The van der Waals surface area contributed by atoms with E-state index in [-0.39, 0.29) is 11.9 Å². The molecule has 1 atom stereocenters. The van der Waals surface area contributed by atoms with Crippen molar-refractivity contribution in [3.8, 4) is 0 Å². The number of carbonyl (C=O) groups excluding carboxylic acids is 1. The number of anilines is 1. The number of nitrogens with one attached hydrogen (secondary N) is 2. The summed E-state index contributed by atoms with van der Waals surface area (Å²) < 4.78 is 0. The number of para-hydroxylation sites is 1. The van der Waals surface area contributed by atoms with Crippen LogP contribution in [0, 0.1) is 0 Å². The van der Waals surface area contributed by atoms with Gasteiger partial charge in [-0.25, -0.2) is 0 Å². The lowest BCUT2D eigenvalue weighted by atomic mass is 10.2. The molecule has 0 radical (unpaired) electrons. The van der Waals surface area contributed by atoms with Gasteiger partial charge in [-0.1, -0.05) is 53.5 Å². The molecule has 0 aliphatic carbocycles. The summed E-state index contributed by atoms with van der Waals surface area (Å²) in [5.41, 5.74) is 2.01. The van der Waals surface area contributed by atoms with Gasteiger partial charge < -0.3 is 15.1 Å². The summed E-state index contributed by atoms with van der Waals surface area (Å²) in [6, 6.07) is 15.4. The van der Waals surface area contributed by atoms with Crippen LogP contribution in [-0.4, -0.2) is 38.1 Å². The van der Waals surface area contributed by atoms with Gasteiger partial charge in [-0.2, -0.15) is 0 Å². The maximum Gasteiger partial charge on any atom is 0.278 e. The highest BCUT2D eigenvalue weighted by Crippen LogP contribution is 2.24. The third-order valence-electron chi connectivity index (χ3n) is 5.02. The van der Waals surface area contributed by atoms with Gasteiger partial charge in [-0.3, -0.25) is 4.79 Å². The van der Waals surface area contributed by atoms with Crippen LogP contribution in [0.5, 0.6) is 0 Å². The lowest BCUT2D eigenvalue weighted by Gasteiger charge is -2.36. The first-order chi connectivity index (χ1) is 12.6. The lowest BCUT2D eigenvalue weighted by molar-refractivity contribution is -0.914. The molecule has 0 aromatic heterocycles. The Hall–Kier alpha value is -1.75. The topological polar surface area (TPSA) is 36.8 Å². The van der Waals surface area contributed by atoms with Crippen molar-refractivity contribution in [1.29, 1.82) is 0 Å². The minimum absolute atomic E-state index is 0.0612. The number of nitrogens with zero attached hydrogens (tertiary/aromatic N) is 1. The first-order valence-electron chi connectivity index (χ1n) is 8.91. The smallest absolute Gasteiger partial charge is 0.278 e.